The maximum Gasteiger partial charge on any atom is 0.346 e. The topological polar surface area (TPSA) is 73.7 Å². The molecule has 132 valence electrons. The predicted octanol–water partition coefficient (Wildman–Crippen LogP) is 1.21. The molecule has 0 saturated carbocycles. The summed E-state index contributed by atoms with van der Waals surface area (Å²) in [7, 11) is 0. The SMILES string of the molecule is CCOC(=O)[C@@]1(F)CN(C(=O)c2ccn(C(C)C)n2)CC12COC2. The average Bonchev–Trinajstić information content (AvgIpc) is 3.09. The lowest BCUT2D eigenvalue weighted by Crippen LogP contribution is -2.61. The Kier molecular flexibility index (Phi) is 4.11. The zero-order valence-electron chi connectivity index (χ0n) is 14.1. The number of halogens is 1. The Morgan fingerprint density at radius 1 is 1.42 bits per heavy atom. The maximum absolute atomic E-state index is 15.5. The summed E-state index contributed by atoms with van der Waals surface area (Å²) < 4.78 is 27.2. The second-order valence-electron chi connectivity index (χ2n) is 6.73. The van der Waals surface area contributed by atoms with E-state index in [9.17, 15) is 9.59 Å². The lowest BCUT2D eigenvalue weighted by Gasteiger charge is -2.43. The molecular weight excluding hydrogens is 317 g/mol. The summed E-state index contributed by atoms with van der Waals surface area (Å²) in [4.78, 5) is 26.2. The van der Waals surface area contributed by atoms with E-state index in [0.717, 1.165) is 0 Å². The third-order valence-corrected chi connectivity index (χ3v) is 4.74. The number of carbonyl (C=O) groups is 2. The zero-order valence-corrected chi connectivity index (χ0v) is 14.1. The Balaban J connectivity index is 1.83. The summed E-state index contributed by atoms with van der Waals surface area (Å²) in [5.74, 6) is -1.30. The Labute approximate surface area is 139 Å². The molecule has 1 amide bonds. The van der Waals surface area contributed by atoms with Crippen LogP contribution in [0.3, 0.4) is 0 Å². The van der Waals surface area contributed by atoms with Gasteiger partial charge in [-0.1, -0.05) is 0 Å². The van der Waals surface area contributed by atoms with Gasteiger partial charge in [0.15, 0.2) is 0 Å². The number of rotatable bonds is 4. The molecule has 1 aromatic rings. The number of esters is 1. The van der Waals surface area contributed by atoms with Gasteiger partial charge in [0.2, 0.25) is 5.67 Å². The lowest BCUT2D eigenvalue weighted by atomic mass is 9.74. The van der Waals surface area contributed by atoms with Crippen molar-refractivity contribution >= 4 is 11.9 Å². The van der Waals surface area contributed by atoms with E-state index < -0.39 is 17.1 Å². The summed E-state index contributed by atoms with van der Waals surface area (Å²) >= 11 is 0. The second-order valence-corrected chi connectivity index (χ2v) is 6.73. The minimum atomic E-state index is -2.24. The fourth-order valence-corrected chi connectivity index (χ4v) is 3.22. The molecule has 1 spiro atoms. The van der Waals surface area contributed by atoms with Crippen molar-refractivity contribution in [1.29, 1.82) is 0 Å². The van der Waals surface area contributed by atoms with Crippen LogP contribution in [-0.2, 0) is 14.3 Å². The van der Waals surface area contributed by atoms with Gasteiger partial charge in [-0.3, -0.25) is 9.48 Å². The van der Waals surface area contributed by atoms with Crippen LogP contribution in [0, 0.1) is 5.41 Å². The Morgan fingerprint density at radius 3 is 2.62 bits per heavy atom. The molecule has 1 aromatic heterocycles. The number of aromatic nitrogens is 2. The molecule has 7 nitrogen and oxygen atoms in total. The van der Waals surface area contributed by atoms with Crippen molar-refractivity contribution in [3.05, 3.63) is 18.0 Å². The van der Waals surface area contributed by atoms with Crippen molar-refractivity contribution in [2.45, 2.75) is 32.5 Å². The Morgan fingerprint density at radius 2 is 2.12 bits per heavy atom. The van der Waals surface area contributed by atoms with E-state index in [1.165, 1.54) is 4.90 Å². The first-order valence-electron chi connectivity index (χ1n) is 8.11. The number of nitrogens with zero attached hydrogens (tertiary/aromatic N) is 3. The van der Waals surface area contributed by atoms with Crippen LogP contribution < -0.4 is 0 Å². The van der Waals surface area contributed by atoms with Gasteiger partial charge in [0.1, 0.15) is 5.69 Å². The van der Waals surface area contributed by atoms with Crippen LogP contribution in [0.5, 0.6) is 0 Å². The van der Waals surface area contributed by atoms with Crippen molar-refractivity contribution < 1.29 is 23.5 Å². The Bertz CT molecular complexity index is 656. The number of hydrogen-bond donors (Lipinski definition) is 0. The molecule has 2 saturated heterocycles. The van der Waals surface area contributed by atoms with Gasteiger partial charge in [0.25, 0.3) is 5.91 Å². The van der Waals surface area contributed by atoms with Gasteiger partial charge in [0.05, 0.1) is 31.8 Å². The maximum atomic E-state index is 15.5. The van der Waals surface area contributed by atoms with Crippen LogP contribution in [-0.4, -0.2) is 65.1 Å². The molecule has 3 heterocycles. The normalized spacial score (nSPS) is 25.1. The molecule has 2 aliphatic heterocycles. The van der Waals surface area contributed by atoms with Crippen molar-refractivity contribution in [2.75, 3.05) is 32.9 Å². The van der Waals surface area contributed by atoms with Crippen LogP contribution in [0.15, 0.2) is 12.3 Å². The van der Waals surface area contributed by atoms with E-state index in [2.05, 4.69) is 5.10 Å². The monoisotopic (exact) mass is 339 g/mol. The molecule has 0 N–H and O–H groups in total. The van der Waals surface area contributed by atoms with Gasteiger partial charge in [-0.05, 0) is 26.8 Å². The quantitative estimate of drug-likeness (QED) is 0.771. The molecule has 0 aliphatic carbocycles. The number of likely N-dealkylation sites (tertiary alicyclic amines) is 1. The van der Waals surface area contributed by atoms with Gasteiger partial charge in [0, 0.05) is 18.8 Å². The number of carbonyl (C=O) groups excluding carboxylic acids is 2. The van der Waals surface area contributed by atoms with Crippen molar-refractivity contribution in [1.82, 2.24) is 14.7 Å². The third kappa shape index (κ3) is 2.40. The van der Waals surface area contributed by atoms with E-state index >= 15 is 4.39 Å². The third-order valence-electron chi connectivity index (χ3n) is 4.74. The van der Waals surface area contributed by atoms with E-state index in [4.69, 9.17) is 9.47 Å². The van der Waals surface area contributed by atoms with Gasteiger partial charge in [-0.2, -0.15) is 5.10 Å². The molecular formula is C16H22FN3O4. The predicted molar refractivity (Wildman–Crippen MR) is 82.2 cm³/mol. The van der Waals surface area contributed by atoms with E-state index in [0.29, 0.717) is 0 Å². The summed E-state index contributed by atoms with van der Waals surface area (Å²) in [5.41, 5.74) is -3.01. The smallest absolute Gasteiger partial charge is 0.346 e. The van der Waals surface area contributed by atoms with E-state index in [1.54, 1.807) is 23.9 Å². The first-order chi connectivity index (χ1) is 11.3. The largest absolute Gasteiger partial charge is 0.464 e. The number of amides is 1. The standard InChI is InChI=1S/C16H22FN3O4/c1-4-24-14(22)16(17)8-19(7-15(16)9-23-10-15)13(21)12-5-6-20(18-12)11(2)3/h5-6,11H,4,7-10H2,1-3H3/t16-/m0/s1. The molecule has 1 atom stereocenters. The molecule has 2 fully saturated rings. The van der Waals surface area contributed by atoms with E-state index in [-0.39, 0.29) is 50.6 Å². The van der Waals surface area contributed by atoms with Crippen LogP contribution in [0.4, 0.5) is 4.39 Å². The molecule has 3 rings (SSSR count). The molecule has 2 aliphatic rings. The minimum Gasteiger partial charge on any atom is -0.464 e. The fraction of sp³-hybridized carbons (Fsp3) is 0.688. The van der Waals surface area contributed by atoms with Crippen molar-refractivity contribution in [3.63, 3.8) is 0 Å². The molecule has 0 aromatic carbocycles. The van der Waals surface area contributed by atoms with Gasteiger partial charge >= 0.3 is 5.97 Å². The second kappa shape index (κ2) is 5.84. The highest BCUT2D eigenvalue weighted by atomic mass is 19.1. The van der Waals surface area contributed by atoms with Crippen LogP contribution in [0.2, 0.25) is 0 Å². The highest BCUT2D eigenvalue weighted by Gasteiger charge is 2.68. The average molecular weight is 339 g/mol. The van der Waals surface area contributed by atoms with Crippen molar-refractivity contribution in [2.24, 2.45) is 5.41 Å². The fourth-order valence-electron chi connectivity index (χ4n) is 3.22. The summed E-state index contributed by atoms with van der Waals surface area (Å²) in [6.45, 7) is 5.61. The lowest BCUT2D eigenvalue weighted by molar-refractivity contribution is -0.196. The Hall–Kier alpha value is -1.96. The van der Waals surface area contributed by atoms with Crippen LogP contribution in [0.1, 0.15) is 37.3 Å². The first kappa shape index (κ1) is 16.9. The molecule has 8 heteroatoms. The highest BCUT2D eigenvalue weighted by molar-refractivity contribution is 5.94. The zero-order chi connectivity index (χ0) is 17.5. The van der Waals surface area contributed by atoms with Crippen LogP contribution in [0.25, 0.3) is 0 Å². The van der Waals surface area contributed by atoms with Gasteiger partial charge < -0.3 is 14.4 Å². The van der Waals surface area contributed by atoms with Crippen LogP contribution >= 0.6 is 0 Å². The van der Waals surface area contributed by atoms with E-state index in [1.807, 2.05) is 13.8 Å². The number of alkyl halides is 1. The minimum absolute atomic E-state index is 0.0914. The summed E-state index contributed by atoms with van der Waals surface area (Å²) in [5, 5.41) is 4.23. The number of ether oxygens (including phenoxy) is 2. The highest BCUT2D eigenvalue weighted by Crippen LogP contribution is 2.48. The summed E-state index contributed by atoms with van der Waals surface area (Å²) in [6.07, 6.45) is 1.71. The summed E-state index contributed by atoms with van der Waals surface area (Å²) in [6, 6.07) is 1.73. The molecule has 24 heavy (non-hydrogen) atoms. The van der Waals surface area contributed by atoms with Gasteiger partial charge in [-0.15, -0.1) is 0 Å². The number of hydrogen-bond acceptors (Lipinski definition) is 5. The molecule has 0 radical (unpaired) electrons. The first-order valence-corrected chi connectivity index (χ1v) is 8.11. The molecule has 0 bridgehead atoms. The van der Waals surface area contributed by atoms with Gasteiger partial charge in [-0.25, -0.2) is 9.18 Å². The van der Waals surface area contributed by atoms with Crippen molar-refractivity contribution in [3.8, 4) is 0 Å². The molecule has 0 unspecified atom stereocenters.